The zero-order chi connectivity index (χ0) is 12.4. The van der Waals surface area contributed by atoms with Crippen LogP contribution in [0.25, 0.3) is 0 Å². The van der Waals surface area contributed by atoms with Gasteiger partial charge in [0.05, 0.1) is 15.8 Å². The normalized spacial score (nSPS) is 12.7. The van der Waals surface area contributed by atoms with Gasteiger partial charge < -0.3 is 9.52 Å². The summed E-state index contributed by atoms with van der Waals surface area (Å²) in [5.41, 5.74) is 0.743. The Hall–Kier alpha value is -0.840. The highest BCUT2D eigenvalue weighted by molar-refractivity contribution is 9.10. The fourth-order valence-corrected chi connectivity index (χ4v) is 2.19. The second kappa shape index (κ2) is 5.21. The van der Waals surface area contributed by atoms with Crippen LogP contribution >= 0.6 is 27.5 Å². The van der Waals surface area contributed by atoms with Crippen LogP contribution < -0.4 is 0 Å². The topological polar surface area (TPSA) is 33.4 Å². The van der Waals surface area contributed by atoms with Crippen LogP contribution in [0.2, 0.25) is 5.02 Å². The zero-order valence-electron chi connectivity index (χ0n) is 8.66. The number of hydrogen-bond acceptors (Lipinski definition) is 2. The van der Waals surface area contributed by atoms with Crippen molar-refractivity contribution in [2.45, 2.75) is 12.5 Å². The maximum absolute atomic E-state index is 13.0. The SMILES string of the molecule is OC(Cc1ccc(F)c(Cl)c1)c1occc1Br. The molecule has 0 amide bonds. The Morgan fingerprint density at radius 3 is 2.76 bits per heavy atom. The van der Waals surface area contributed by atoms with Crippen molar-refractivity contribution in [3.8, 4) is 0 Å². The number of aliphatic hydroxyl groups excluding tert-OH is 1. The summed E-state index contributed by atoms with van der Waals surface area (Å²) in [5.74, 6) is -0.0190. The van der Waals surface area contributed by atoms with Crippen LogP contribution in [0.4, 0.5) is 4.39 Å². The van der Waals surface area contributed by atoms with Crippen LogP contribution in [-0.2, 0) is 6.42 Å². The maximum Gasteiger partial charge on any atom is 0.146 e. The van der Waals surface area contributed by atoms with Crippen LogP contribution in [0.15, 0.2) is 39.4 Å². The summed E-state index contributed by atoms with van der Waals surface area (Å²) in [6.45, 7) is 0. The summed E-state index contributed by atoms with van der Waals surface area (Å²) < 4.78 is 18.8. The molecule has 17 heavy (non-hydrogen) atoms. The molecule has 0 saturated carbocycles. The van der Waals surface area contributed by atoms with E-state index in [1.54, 1.807) is 12.1 Å². The highest BCUT2D eigenvalue weighted by atomic mass is 79.9. The summed E-state index contributed by atoms with van der Waals surface area (Å²) in [6.07, 6.45) is 1.01. The standard InChI is InChI=1S/C12H9BrClFO2/c13-8-3-4-17-12(8)11(16)6-7-1-2-10(15)9(14)5-7/h1-5,11,16H,6H2. The predicted molar refractivity (Wildman–Crippen MR) is 66.5 cm³/mol. The first kappa shape index (κ1) is 12.6. The van der Waals surface area contributed by atoms with Crippen molar-refractivity contribution in [2.24, 2.45) is 0 Å². The van der Waals surface area contributed by atoms with Gasteiger partial charge in [-0.3, -0.25) is 0 Å². The highest BCUT2D eigenvalue weighted by Gasteiger charge is 2.16. The molecule has 1 N–H and O–H groups in total. The van der Waals surface area contributed by atoms with Crippen LogP contribution in [0.1, 0.15) is 17.4 Å². The third-order valence-electron chi connectivity index (χ3n) is 2.36. The molecule has 0 bridgehead atoms. The van der Waals surface area contributed by atoms with Crippen molar-refractivity contribution in [3.05, 3.63) is 57.2 Å². The fourth-order valence-electron chi connectivity index (χ4n) is 1.53. The van der Waals surface area contributed by atoms with E-state index in [1.165, 1.54) is 18.4 Å². The molecule has 2 aromatic rings. The first-order chi connectivity index (χ1) is 8.08. The smallest absolute Gasteiger partial charge is 0.146 e. The Kier molecular flexibility index (Phi) is 3.86. The summed E-state index contributed by atoms with van der Waals surface area (Å²) in [5, 5.41) is 9.99. The van der Waals surface area contributed by atoms with Gasteiger partial charge in [-0.25, -0.2) is 4.39 Å². The fraction of sp³-hybridized carbons (Fsp3) is 0.167. The van der Waals surface area contributed by atoms with Gasteiger partial charge >= 0.3 is 0 Å². The first-order valence-corrected chi connectivity index (χ1v) is 6.10. The summed E-state index contributed by atoms with van der Waals surface area (Å²) in [4.78, 5) is 0. The monoisotopic (exact) mass is 318 g/mol. The number of benzene rings is 1. The third-order valence-corrected chi connectivity index (χ3v) is 3.31. The van der Waals surface area contributed by atoms with Crippen molar-refractivity contribution in [1.82, 2.24) is 0 Å². The minimum absolute atomic E-state index is 0.0493. The van der Waals surface area contributed by atoms with E-state index in [-0.39, 0.29) is 5.02 Å². The van der Waals surface area contributed by atoms with E-state index in [0.717, 1.165) is 5.56 Å². The molecule has 0 saturated heterocycles. The molecule has 1 atom stereocenters. The lowest BCUT2D eigenvalue weighted by Gasteiger charge is -2.09. The quantitative estimate of drug-likeness (QED) is 0.923. The summed E-state index contributed by atoms with van der Waals surface area (Å²) in [6, 6.07) is 6.07. The Morgan fingerprint density at radius 1 is 1.41 bits per heavy atom. The van der Waals surface area contributed by atoms with E-state index in [9.17, 15) is 9.50 Å². The second-order valence-corrected chi connectivity index (χ2v) is 4.86. The van der Waals surface area contributed by atoms with Crippen LogP contribution in [0.3, 0.4) is 0 Å². The van der Waals surface area contributed by atoms with Crippen LogP contribution in [0.5, 0.6) is 0 Å². The summed E-state index contributed by atoms with van der Waals surface area (Å²) >= 11 is 8.93. The molecular weight excluding hydrogens is 310 g/mol. The lowest BCUT2D eigenvalue weighted by atomic mass is 10.1. The minimum Gasteiger partial charge on any atom is -0.465 e. The van der Waals surface area contributed by atoms with Gasteiger partial charge in [0.1, 0.15) is 17.7 Å². The molecule has 0 aliphatic heterocycles. The Labute approximate surface area is 111 Å². The van der Waals surface area contributed by atoms with E-state index in [2.05, 4.69) is 15.9 Å². The lowest BCUT2D eigenvalue weighted by molar-refractivity contribution is 0.149. The van der Waals surface area contributed by atoms with Gasteiger partial charge in [0.15, 0.2) is 0 Å². The van der Waals surface area contributed by atoms with Crippen molar-refractivity contribution < 1.29 is 13.9 Å². The molecule has 1 aromatic heterocycles. The Bertz CT molecular complexity index is 527. The molecule has 2 rings (SSSR count). The average molecular weight is 320 g/mol. The Morgan fingerprint density at radius 2 is 2.18 bits per heavy atom. The molecule has 0 spiro atoms. The van der Waals surface area contributed by atoms with E-state index in [0.29, 0.717) is 16.7 Å². The van der Waals surface area contributed by atoms with E-state index in [4.69, 9.17) is 16.0 Å². The van der Waals surface area contributed by atoms with Crippen LogP contribution in [0, 0.1) is 5.82 Å². The van der Waals surface area contributed by atoms with Crippen molar-refractivity contribution in [2.75, 3.05) is 0 Å². The zero-order valence-corrected chi connectivity index (χ0v) is 11.0. The second-order valence-electron chi connectivity index (χ2n) is 3.60. The van der Waals surface area contributed by atoms with Gasteiger partial charge in [-0.15, -0.1) is 0 Å². The molecular formula is C12H9BrClFO2. The molecule has 0 aliphatic rings. The third kappa shape index (κ3) is 2.89. The van der Waals surface area contributed by atoms with E-state index >= 15 is 0 Å². The molecule has 1 aromatic carbocycles. The number of halogens is 3. The molecule has 90 valence electrons. The minimum atomic E-state index is -0.791. The molecule has 0 aliphatic carbocycles. The molecule has 0 fully saturated rings. The average Bonchev–Trinajstić information content (AvgIpc) is 2.70. The van der Waals surface area contributed by atoms with Gasteiger partial charge in [-0.1, -0.05) is 17.7 Å². The van der Waals surface area contributed by atoms with Gasteiger partial charge in [0.25, 0.3) is 0 Å². The number of aliphatic hydroxyl groups is 1. The first-order valence-electron chi connectivity index (χ1n) is 4.93. The van der Waals surface area contributed by atoms with Gasteiger partial charge in [-0.2, -0.15) is 0 Å². The van der Waals surface area contributed by atoms with Crippen molar-refractivity contribution in [3.63, 3.8) is 0 Å². The van der Waals surface area contributed by atoms with Gasteiger partial charge in [0.2, 0.25) is 0 Å². The molecule has 5 heteroatoms. The predicted octanol–water partition coefficient (Wildman–Crippen LogP) is 4.11. The number of rotatable bonds is 3. The molecule has 0 radical (unpaired) electrons. The van der Waals surface area contributed by atoms with E-state index in [1.807, 2.05) is 0 Å². The van der Waals surface area contributed by atoms with Gasteiger partial charge in [-0.05, 0) is 39.7 Å². The maximum atomic E-state index is 13.0. The Balaban J connectivity index is 2.16. The molecule has 1 unspecified atom stereocenters. The van der Waals surface area contributed by atoms with Crippen LogP contribution in [-0.4, -0.2) is 5.11 Å². The van der Waals surface area contributed by atoms with Crippen molar-refractivity contribution >= 4 is 27.5 Å². The number of hydrogen-bond donors (Lipinski definition) is 1. The molecule has 2 nitrogen and oxygen atoms in total. The summed E-state index contributed by atoms with van der Waals surface area (Å²) in [7, 11) is 0. The largest absolute Gasteiger partial charge is 0.465 e. The van der Waals surface area contributed by atoms with Gasteiger partial charge in [0, 0.05) is 6.42 Å². The number of furan rings is 1. The highest BCUT2D eigenvalue weighted by Crippen LogP contribution is 2.28. The van der Waals surface area contributed by atoms with E-state index < -0.39 is 11.9 Å². The molecule has 1 heterocycles. The van der Waals surface area contributed by atoms with Crippen molar-refractivity contribution in [1.29, 1.82) is 0 Å². The lowest BCUT2D eigenvalue weighted by Crippen LogP contribution is -2.01.